The lowest BCUT2D eigenvalue weighted by Gasteiger charge is -2.12. The van der Waals surface area contributed by atoms with E-state index >= 15 is 0 Å². The van der Waals surface area contributed by atoms with Crippen LogP contribution in [-0.2, 0) is 6.61 Å². The average Bonchev–Trinajstić information content (AvgIpc) is 3.21. The average molecular weight is 451 g/mol. The molecule has 7 nitrogen and oxygen atoms in total. The third kappa shape index (κ3) is 5.25. The Morgan fingerprint density at radius 1 is 1.03 bits per heavy atom. The van der Waals surface area contributed by atoms with Crippen LogP contribution in [0.25, 0.3) is 16.7 Å². The summed E-state index contributed by atoms with van der Waals surface area (Å²) in [4.78, 5) is 16.6. The maximum Gasteiger partial charge on any atom is 0.182 e. The number of rotatable bonds is 3. The molecule has 5 rings (SSSR count). The van der Waals surface area contributed by atoms with Crippen LogP contribution in [0.3, 0.4) is 0 Å². The first-order valence-electron chi connectivity index (χ1n) is 10.2. The van der Waals surface area contributed by atoms with Crippen molar-refractivity contribution in [3.63, 3.8) is 0 Å². The second-order valence-electron chi connectivity index (χ2n) is 7.51. The fraction of sp³-hybridized carbons (Fsp3) is 0.208. The largest absolute Gasteiger partial charge is 0.488 e. The van der Waals surface area contributed by atoms with Gasteiger partial charge in [0.25, 0.3) is 0 Å². The second kappa shape index (κ2) is 10.7. The molecule has 166 valence electrons. The SMILES string of the molecule is CN(C)CCC=C1c2ccccc2COc2ccccc21.Cl.Nc1ncnc2nc[nH]c12. The number of imidazole rings is 1. The number of para-hydroxylation sites is 1. The van der Waals surface area contributed by atoms with Crippen LogP contribution in [0.4, 0.5) is 5.82 Å². The molecule has 1 aliphatic rings. The number of fused-ring (bicyclic) bond motifs is 3. The van der Waals surface area contributed by atoms with Crippen LogP contribution in [0.2, 0.25) is 0 Å². The lowest BCUT2D eigenvalue weighted by atomic mass is 9.93. The first-order valence-corrected chi connectivity index (χ1v) is 10.2. The Morgan fingerprint density at radius 3 is 2.56 bits per heavy atom. The Morgan fingerprint density at radius 2 is 1.78 bits per heavy atom. The lowest BCUT2D eigenvalue weighted by molar-refractivity contribution is 0.307. The van der Waals surface area contributed by atoms with Crippen LogP contribution >= 0.6 is 12.4 Å². The van der Waals surface area contributed by atoms with Crippen LogP contribution in [-0.4, -0.2) is 45.5 Å². The van der Waals surface area contributed by atoms with Crippen molar-refractivity contribution in [2.24, 2.45) is 0 Å². The van der Waals surface area contributed by atoms with Gasteiger partial charge in [0, 0.05) is 12.1 Å². The molecule has 0 amide bonds. The van der Waals surface area contributed by atoms with E-state index in [0.717, 1.165) is 18.7 Å². The molecule has 32 heavy (non-hydrogen) atoms. The summed E-state index contributed by atoms with van der Waals surface area (Å²) in [7, 11) is 4.22. The third-order valence-electron chi connectivity index (χ3n) is 5.05. The Labute approximate surface area is 193 Å². The number of H-pyrrole nitrogens is 1. The molecule has 0 atom stereocenters. The van der Waals surface area contributed by atoms with Crippen molar-refractivity contribution in [1.82, 2.24) is 24.8 Å². The minimum atomic E-state index is 0. The molecule has 0 fully saturated rings. The van der Waals surface area contributed by atoms with Gasteiger partial charge in [-0.25, -0.2) is 15.0 Å². The topological polar surface area (TPSA) is 93.0 Å². The molecule has 0 saturated carbocycles. The van der Waals surface area contributed by atoms with E-state index in [-0.39, 0.29) is 12.4 Å². The zero-order chi connectivity index (χ0) is 21.6. The van der Waals surface area contributed by atoms with Crippen LogP contribution in [0.1, 0.15) is 23.1 Å². The van der Waals surface area contributed by atoms with Crippen molar-refractivity contribution in [2.75, 3.05) is 26.4 Å². The molecule has 0 bridgehead atoms. The number of nitrogens with two attached hydrogens (primary N) is 1. The second-order valence-corrected chi connectivity index (χ2v) is 7.51. The van der Waals surface area contributed by atoms with E-state index < -0.39 is 0 Å². The van der Waals surface area contributed by atoms with E-state index in [2.05, 4.69) is 87.5 Å². The maximum absolute atomic E-state index is 5.98. The Kier molecular flexibility index (Phi) is 7.81. The minimum Gasteiger partial charge on any atom is -0.488 e. The Hall–Kier alpha value is -3.42. The molecule has 8 heteroatoms. The standard InChI is InChI=1S/C19H21NO.C5H5N5.ClH/c1-20(2)13-7-11-17-16-9-4-3-8-15(16)14-21-19-12-6-5-10-18(17)19;6-4-3-5(9-1-7-3)10-2-8-4;/h3-6,8-12H,7,13-14H2,1-2H3;1-2H,(H3,6,7,8,9,10);1H. The highest BCUT2D eigenvalue weighted by atomic mass is 35.5. The van der Waals surface area contributed by atoms with E-state index in [1.54, 1.807) is 0 Å². The van der Waals surface area contributed by atoms with E-state index in [4.69, 9.17) is 10.5 Å². The van der Waals surface area contributed by atoms with Gasteiger partial charge in [0.05, 0.1) is 6.33 Å². The van der Waals surface area contributed by atoms with Crippen molar-refractivity contribution < 1.29 is 4.74 Å². The number of hydrogen-bond acceptors (Lipinski definition) is 6. The van der Waals surface area contributed by atoms with Crippen LogP contribution in [0.5, 0.6) is 5.75 Å². The molecule has 0 saturated heterocycles. The summed E-state index contributed by atoms with van der Waals surface area (Å²) in [6.07, 6.45) is 6.30. The summed E-state index contributed by atoms with van der Waals surface area (Å²) < 4.78 is 5.98. The van der Waals surface area contributed by atoms with Gasteiger partial charge in [-0.15, -0.1) is 12.4 Å². The summed E-state index contributed by atoms with van der Waals surface area (Å²) in [6, 6.07) is 16.9. The van der Waals surface area contributed by atoms with E-state index in [9.17, 15) is 0 Å². The fourth-order valence-corrected chi connectivity index (χ4v) is 3.50. The molecule has 0 radical (unpaired) electrons. The van der Waals surface area contributed by atoms with Crippen molar-refractivity contribution in [3.8, 4) is 5.75 Å². The fourth-order valence-electron chi connectivity index (χ4n) is 3.50. The predicted molar refractivity (Wildman–Crippen MR) is 131 cm³/mol. The van der Waals surface area contributed by atoms with Crippen molar-refractivity contribution in [2.45, 2.75) is 13.0 Å². The molecule has 0 spiro atoms. The number of ether oxygens (including phenoxy) is 1. The van der Waals surface area contributed by atoms with E-state index in [1.165, 1.54) is 34.9 Å². The monoisotopic (exact) mass is 450 g/mol. The summed E-state index contributed by atoms with van der Waals surface area (Å²) in [5.41, 5.74) is 11.8. The van der Waals surface area contributed by atoms with Crippen molar-refractivity contribution in [1.29, 1.82) is 0 Å². The number of benzene rings is 2. The number of nitrogens with one attached hydrogen (secondary N) is 1. The highest BCUT2D eigenvalue weighted by molar-refractivity contribution is 5.85. The summed E-state index contributed by atoms with van der Waals surface area (Å²) in [6.45, 7) is 1.69. The van der Waals surface area contributed by atoms with Gasteiger partial charge in [-0.05, 0) is 43.3 Å². The van der Waals surface area contributed by atoms with Gasteiger partial charge < -0.3 is 20.4 Å². The number of halogens is 1. The summed E-state index contributed by atoms with van der Waals surface area (Å²) in [5, 5.41) is 0. The number of aromatic nitrogens is 4. The predicted octanol–water partition coefficient (Wildman–Crippen LogP) is 4.32. The number of aromatic amines is 1. The number of hydrogen-bond donors (Lipinski definition) is 2. The molecule has 1 aliphatic heterocycles. The van der Waals surface area contributed by atoms with Gasteiger partial charge in [-0.3, -0.25) is 0 Å². The quantitative estimate of drug-likeness (QED) is 0.483. The van der Waals surface area contributed by atoms with Gasteiger partial charge in [-0.2, -0.15) is 0 Å². The Bertz CT molecular complexity index is 1150. The van der Waals surface area contributed by atoms with E-state index in [1.807, 2.05) is 6.07 Å². The van der Waals surface area contributed by atoms with Crippen molar-refractivity contribution >= 4 is 35.0 Å². The van der Waals surface area contributed by atoms with Gasteiger partial charge in [-0.1, -0.05) is 48.5 Å². The zero-order valence-electron chi connectivity index (χ0n) is 18.2. The molecular formula is C24H27ClN6O. The number of nitrogens with zero attached hydrogens (tertiary/aromatic N) is 4. The van der Waals surface area contributed by atoms with Gasteiger partial charge >= 0.3 is 0 Å². The molecule has 0 aliphatic carbocycles. The molecule has 0 unspecified atom stereocenters. The Balaban J connectivity index is 0.000000220. The molecule has 4 aromatic rings. The third-order valence-corrected chi connectivity index (χ3v) is 5.05. The van der Waals surface area contributed by atoms with Crippen LogP contribution in [0.15, 0.2) is 67.3 Å². The molecular weight excluding hydrogens is 424 g/mol. The normalized spacial score (nSPS) is 13.3. The summed E-state index contributed by atoms with van der Waals surface area (Å²) in [5.74, 6) is 1.41. The summed E-state index contributed by atoms with van der Waals surface area (Å²) >= 11 is 0. The van der Waals surface area contributed by atoms with Crippen molar-refractivity contribution in [3.05, 3.63) is 84.0 Å². The van der Waals surface area contributed by atoms with Crippen LogP contribution in [0, 0.1) is 0 Å². The van der Waals surface area contributed by atoms with E-state index in [0.29, 0.717) is 23.6 Å². The van der Waals surface area contributed by atoms with Crippen LogP contribution < -0.4 is 10.5 Å². The first kappa shape index (κ1) is 23.2. The zero-order valence-corrected chi connectivity index (χ0v) is 19.0. The molecule has 2 aromatic carbocycles. The minimum absolute atomic E-state index is 0. The molecule has 2 aromatic heterocycles. The number of nitrogen functional groups attached to an aromatic ring is 1. The first-order chi connectivity index (χ1) is 15.1. The molecule has 3 heterocycles. The smallest absolute Gasteiger partial charge is 0.182 e. The lowest BCUT2D eigenvalue weighted by Crippen LogP contribution is -2.12. The van der Waals surface area contributed by atoms with Gasteiger partial charge in [0.1, 0.15) is 24.2 Å². The molecule has 3 N–H and O–H groups in total. The van der Waals surface area contributed by atoms with Gasteiger partial charge in [0.2, 0.25) is 0 Å². The highest BCUT2D eigenvalue weighted by Gasteiger charge is 2.17. The van der Waals surface area contributed by atoms with Gasteiger partial charge in [0.15, 0.2) is 11.5 Å². The maximum atomic E-state index is 5.98. The number of anilines is 1. The highest BCUT2D eigenvalue weighted by Crippen LogP contribution is 2.36.